The molecule has 0 saturated heterocycles. The van der Waals surface area contributed by atoms with Gasteiger partial charge in [0, 0.05) is 6.08 Å². The molecule has 0 aliphatic heterocycles. The number of carbonyl (C=O) groups excluding carboxylic acids is 1. The number of ether oxygens (including phenoxy) is 2. The molecule has 0 radical (unpaired) electrons. The molecule has 0 spiro atoms. The smallest absolute Gasteiger partial charge is 0.330 e. The summed E-state index contributed by atoms with van der Waals surface area (Å²) >= 11 is 0. The maximum atomic E-state index is 11.4. The number of benzene rings is 1. The number of esters is 1. The standard InChI is InChI=1S/C23H32O3/c1-8-26-23(24)14-17(3)11-9-10-16(2)12-13-21-18(4)15-22(25-7)20(6)19(21)5/h10,12-15H,8-9,11H2,1-7H3/b13-12+,16-10+,17-14+. The molecule has 0 amide bonds. The van der Waals surface area contributed by atoms with Crippen LogP contribution in [-0.2, 0) is 9.53 Å². The molecule has 1 aromatic rings. The van der Waals surface area contributed by atoms with Gasteiger partial charge in [0.1, 0.15) is 5.75 Å². The lowest BCUT2D eigenvalue weighted by molar-refractivity contribution is -0.137. The highest BCUT2D eigenvalue weighted by molar-refractivity contribution is 5.82. The Morgan fingerprint density at radius 3 is 2.46 bits per heavy atom. The van der Waals surface area contributed by atoms with E-state index in [1.807, 2.05) is 13.8 Å². The van der Waals surface area contributed by atoms with Gasteiger partial charge in [-0.25, -0.2) is 4.79 Å². The Morgan fingerprint density at radius 2 is 1.85 bits per heavy atom. The second kappa shape index (κ2) is 10.6. The van der Waals surface area contributed by atoms with E-state index in [-0.39, 0.29) is 5.97 Å². The minimum absolute atomic E-state index is 0.258. The molecule has 0 fully saturated rings. The number of hydrogen-bond donors (Lipinski definition) is 0. The van der Waals surface area contributed by atoms with Gasteiger partial charge >= 0.3 is 5.97 Å². The molecule has 0 unspecified atom stereocenters. The van der Waals surface area contributed by atoms with Crippen molar-refractivity contribution >= 4 is 12.0 Å². The molecule has 0 aliphatic carbocycles. The minimum Gasteiger partial charge on any atom is -0.496 e. The molecule has 0 heterocycles. The van der Waals surface area contributed by atoms with Crippen LogP contribution in [0, 0.1) is 20.8 Å². The average molecular weight is 357 g/mol. The lowest BCUT2D eigenvalue weighted by Crippen LogP contribution is -2.00. The summed E-state index contributed by atoms with van der Waals surface area (Å²) in [5.41, 5.74) is 7.13. The first-order valence-corrected chi connectivity index (χ1v) is 9.13. The summed E-state index contributed by atoms with van der Waals surface area (Å²) in [5, 5.41) is 0. The highest BCUT2D eigenvalue weighted by Crippen LogP contribution is 2.28. The Bertz CT molecular complexity index is 721. The van der Waals surface area contributed by atoms with E-state index in [9.17, 15) is 4.79 Å². The third-order valence-corrected chi connectivity index (χ3v) is 4.50. The number of methoxy groups -OCH3 is 1. The summed E-state index contributed by atoms with van der Waals surface area (Å²) in [7, 11) is 1.71. The van der Waals surface area contributed by atoms with Gasteiger partial charge in [0.05, 0.1) is 13.7 Å². The molecule has 0 saturated carbocycles. The van der Waals surface area contributed by atoms with E-state index in [0.29, 0.717) is 6.61 Å². The lowest BCUT2D eigenvalue weighted by atomic mass is 9.96. The van der Waals surface area contributed by atoms with Crippen molar-refractivity contribution in [1.29, 1.82) is 0 Å². The highest BCUT2D eigenvalue weighted by Gasteiger charge is 2.08. The first-order chi connectivity index (χ1) is 12.3. The number of rotatable bonds is 8. The minimum atomic E-state index is -0.258. The van der Waals surface area contributed by atoms with Crippen LogP contribution >= 0.6 is 0 Å². The number of carbonyl (C=O) groups is 1. The Morgan fingerprint density at radius 1 is 1.15 bits per heavy atom. The van der Waals surface area contributed by atoms with Crippen LogP contribution in [0.2, 0.25) is 0 Å². The fourth-order valence-electron chi connectivity index (χ4n) is 2.80. The first-order valence-electron chi connectivity index (χ1n) is 9.13. The predicted octanol–water partition coefficient (Wildman–Crippen LogP) is 5.87. The normalized spacial score (nSPS) is 12.6. The zero-order chi connectivity index (χ0) is 19.7. The van der Waals surface area contributed by atoms with Crippen LogP contribution in [0.5, 0.6) is 5.75 Å². The Hall–Kier alpha value is -2.29. The molecule has 3 nitrogen and oxygen atoms in total. The molecular weight excluding hydrogens is 324 g/mol. The van der Waals surface area contributed by atoms with Crippen LogP contribution in [0.1, 0.15) is 55.9 Å². The first kappa shape index (κ1) is 21.8. The van der Waals surface area contributed by atoms with Crippen molar-refractivity contribution in [2.24, 2.45) is 0 Å². The summed E-state index contributed by atoms with van der Waals surface area (Å²) in [6.45, 7) is 12.6. The molecule has 142 valence electrons. The largest absolute Gasteiger partial charge is 0.496 e. The molecule has 0 N–H and O–H groups in total. The summed E-state index contributed by atoms with van der Waals surface area (Å²) in [5.74, 6) is 0.680. The van der Waals surface area contributed by atoms with Gasteiger partial charge in [0.2, 0.25) is 0 Å². The topological polar surface area (TPSA) is 35.5 Å². The van der Waals surface area contributed by atoms with Crippen molar-refractivity contribution in [2.45, 2.75) is 54.4 Å². The molecule has 0 bridgehead atoms. The highest BCUT2D eigenvalue weighted by atomic mass is 16.5. The molecule has 26 heavy (non-hydrogen) atoms. The number of allylic oxidation sites excluding steroid dienone is 4. The lowest BCUT2D eigenvalue weighted by Gasteiger charge is -2.13. The van der Waals surface area contributed by atoms with Crippen LogP contribution in [0.25, 0.3) is 6.08 Å². The SMILES string of the molecule is CCOC(=O)/C=C(\C)CC/C=C(C)/C=C/c1c(C)cc(OC)c(C)c1C. The molecule has 1 rings (SSSR count). The quantitative estimate of drug-likeness (QED) is 0.332. The van der Waals surface area contributed by atoms with E-state index >= 15 is 0 Å². The maximum Gasteiger partial charge on any atom is 0.330 e. The Labute approximate surface area is 158 Å². The Balaban J connectivity index is 2.76. The van der Waals surface area contributed by atoms with Gasteiger partial charge in [-0.15, -0.1) is 0 Å². The van der Waals surface area contributed by atoms with E-state index in [4.69, 9.17) is 9.47 Å². The summed E-state index contributed by atoms with van der Waals surface area (Å²) in [6, 6.07) is 2.09. The zero-order valence-corrected chi connectivity index (χ0v) is 17.2. The van der Waals surface area contributed by atoms with Crippen LogP contribution in [0.3, 0.4) is 0 Å². The number of aryl methyl sites for hydroxylation is 1. The van der Waals surface area contributed by atoms with E-state index in [1.165, 1.54) is 27.8 Å². The van der Waals surface area contributed by atoms with Gasteiger partial charge in [0.25, 0.3) is 0 Å². The number of hydrogen-bond acceptors (Lipinski definition) is 3. The van der Waals surface area contributed by atoms with Crippen molar-refractivity contribution in [3.8, 4) is 5.75 Å². The van der Waals surface area contributed by atoms with Gasteiger partial charge in [0.15, 0.2) is 0 Å². The molecular formula is C23H32O3. The van der Waals surface area contributed by atoms with Gasteiger partial charge in [-0.3, -0.25) is 0 Å². The molecule has 0 aromatic heterocycles. The maximum absolute atomic E-state index is 11.4. The summed E-state index contributed by atoms with van der Waals surface area (Å²) in [6.07, 6.45) is 9.84. The predicted molar refractivity (Wildman–Crippen MR) is 110 cm³/mol. The van der Waals surface area contributed by atoms with E-state index in [0.717, 1.165) is 24.2 Å². The van der Waals surface area contributed by atoms with Crippen molar-refractivity contribution in [3.63, 3.8) is 0 Å². The van der Waals surface area contributed by atoms with Gasteiger partial charge in [-0.1, -0.05) is 29.4 Å². The fourth-order valence-corrected chi connectivity index (χ4v) is 2.80. The van der Waals surface area contributed by atoms with Crippen molar-refractivity contribution in [2.75, 3.05) is 13.7 Å². The molecule has 0 atom stereocenters. The molecule has 1 aromatic carbocycles. The van der Waals surface area contributed by atoms with Gasteiger partial charge in [-0.2, -0.15) is 0 Å². The third kappa shape index (κ3) is 6.55. The van der Waals surface area contributed by atoms with Crippen molar-refractivity contribution < 1.29 is 14.3 Å². The monoisotopic (exact) mass is 356 g/mol. The zero-order valence-electron chi connectivity index (χ0n) is 17.2. The van der Waals surface area contributed by atoms with E-state index in [1.54, 1.807) is 13.2 Å². The van der Waals surface area contributed by atoms with Crippen LogP contribution in [-0.4, -0.2) is 19.7 Å². The fraction of sp³-hybridized carbons (Fsp3) is 0.435. The van der Waals surface area contributed by atoms with Crippen molar-refractivity contribution in [1.82, 2.24) is 0 Å². The molecule has 0 aliphatic rings. The van der Waals surface area contributed by atoms with Gasteiger partial charge in [-0.05, 0) is 82.7 Å². The second-order valence-electron chi connectivity index (χ2n) is 6.62. The Kier molecular flexibility index (Phi) is 8.91. The third-order valence-electron chi connectivity index (χ3n) is 4.50. The molecule has 3 heteroatoms. The second-order valence-corrected chi connectivity index (χ2v) is 6.62. The average Bonchev–Trinajstić information content (AvgIpc) is 2.58. The van der Waals surface area contributed by atoms with E-state index in [2.05, 4.69) is 52.0 Å². The van der Waals surface area contributed by atoms with Crippen molar-refractivity contribution in [3.05, 3.63) is 57.7 Å². The summed E-state index contributed by atoms with van der Waals surface area (Å²) < 4.78 is 10.4. The van der Waals surface area contributed by atoms with Crippen LogP contribution in [0.15, 0.2) is 35.4 Å². The van der Waals surface area contributed by atoms with Crippen LogP contribution < -0.4 is 4.74 Å². The summed E-state index contributed by atoms with van der Waals surface area (Å²) in [4.78, 5) is 11.4. The van der Waals surface area contributed by atoms with E-state index < -0.39 is 0 Å². The van der Waals surface area contributed by atoms with Crippen LogP contribution in [0.4, 0.5) is 0 Å². The van der Waals surface area contributed by atoms with Gasteiger partial charge < -0.3 is 9.47 Å².